The van der Waals surface area contributed by atoms with E-state index in [-0.39, 0.29) is 11.3 Å². The van der Waals surface area contributed by atoms with Crippen LogP contribution in [0.1, 0.15) is 57.8 Å². The van der Waals surface area contributed by atoms with Crippen molar-refractivity contribution in [3.8, 4) is 0 Å². The van der Waals surface area contributed by atoms with E-state index in [2.05, 4.69) is 10.6 Å². The first-order valence-electron chi connectivity index (χ1n) is 8.75. The van der Waals surface area contributed by atoms with Crippen LogP contribution in [0.5, 0.6) is 0 Å². The Labute approximate surface area is 129 Å². The lowest BCUT2D eigenvalue weighted by atomic mass is 9.78. The molecule has 2 rings (SSSR count). The molecule has 1 saturated heterocycles. The third kappa shape index (κ3) is 4.96. The Balaban J connectivity index is 1.69. The van der Waals surface area contributed by atoms with Gasteiger partial charge in [0.05, 0.1) is 12.0 Å². The largest absolute Gasteiger partial charge is 0.384 e. The highest BCUT2D eigenvalue weighted by molar-refractivity contribution is 5.82. The minimum absolute atomic E-state index is 0.203. The van der Waals surface area contributed by atoms with Gasteiger partial charge in [-0.2, -0.15) is 0 Å². The number of hydrogen-bond donors (Lipinski definition) is 2. The molecular weight excluding hydrogens is 264 g/mol. The fourth-order valence-corrected chi connectivity index (χ4v) is 3.87. The van der Waals surface area contributed by atoms with Crippen LogP contribution in [0.25, 0.3) is 0 Å². The minimum Gasteiger partial charge on any atom is -0.384 e. The maximum atomic E-state index is 12.5. The Kier molecular flexibility index (Phi) is 6.97. The van der Waals surface area contributed by atoms with Crippen molar-refractivity contribution in [1.29, 1.82) is 0 Å². The van der Waals surface area contributed by atoms with Crippen molar-refractivity contribution in [2.24, 2.45) is 11.3 Å². The highest BCUT2D eigenvalue weighted by atomic mass is 16.5. The number of methoxy groups -OCH3 is 1. The number of ether oxygens (including phenoxy) is 1. The van der Waals surface area contributed by atoms with Crippen molar-refractivity contribution >= 4 is 5.91 Å². The number of rotatable bonds is 7. The van der Waals surface area contributed by atoms with Gasteiger partial charge in [0, 0.05) is 13.7 Å². The van der Waals surface area contributed by atoms with Crippen molar-refractivity contribution in [2.45, 2.75) is 57.8 Å². The minimum atomic E-state index is -0.301. The van der Waals surface area contributed by atoms with Gasteiger partial charge in [-0.25, -0.2) is 0 Å². The second kappa shape index (κ2) is 8.74. The zero-order valence-electron chi connectivity index (χ0n) is 13.6. The van der Waals surface area contributed by atoms with E-state index in [1.807, 2.05) is 0 Å². The van der Waals surface area contributed by atoms with Gasteiger partial charge in [0.15, 0.2) is 0 Å². The molecule has 2 fully saturated rings. The molecule has 21 heavy (non-hydrogen) atoms. The molecule has 1 heterocycles. The Morgan fingerprint density at radius 3 is 2.62 bits per heavy atom. The topological polar surface area (TPSA) is 50.4 Å². The highest BCUT2D eigenvalue weighted by Gasteiger charge is 2.39. The Hall–Kier alpha value is -0.610. The lowest BCUT2D eigenvalue weighted by molar-refractivity contribution is -0.136. The molecule has 0 atom stereocenters. The average Bonchev–Trinajstić information content (AvgIpc) is 2.53. The summed E-state index contributed by atoms with van der Waals surface area (Å²) in [4.78, 5) is 12.5. The van der Waals surface area contributed by atoms with E-state index in [1.165, 1.54) is 38.5 Å². The molecule has 0 aromatic rings. The van der Waals surface area contributed by atoms with Crippen LogP contribution in [0, 0.1) is 11.3 Å². The molecule has 0 aromatic heterocycles. The van der Waals surface area contributed by atoms with Crippen molar-refractivity contribution in [2.75, 3.05) is 33.4 Å². The second-order valence-electron chi connectivity index (χ2n) is 6.87. The number of amides is 1. The number of nitrogens with one attached hydrogen (secondary N) is 2. The van der Waals surface area contributed by atoms with Crippen LogP contribution in [0.3, 0.4) is 0 Å². The molecule has 0 radical (unpaired) electrons. The highest BCUT2D eigenvalue weighted by Crippen LogP contribution is 2.30. The van der Waals surface area contributed by atoms with Crippen molar-refractivity contribution in [3.05, 3.63) is 0 Å². The van der Waals surface area contributed by atoms with Gasteiger partial charge in [0.2, 0.25) is 5.91 Å². The zero-order valence-corrected chi connectivity index (χ0v) is 13.6. The molecule has 122 valence electrons. The van der Waals surface area contributed by atoms with Crippen LogP contribution in [0.2, 0.25) is 0 Å². The van der Waals surface area contributed by atoms with Crippen molar-refractivity contribution in [1.82, 2.24) is 10.6 Å². The predicted octanol–water partition coefficient (Wildman–Crippen LogP) is 2.48. The van der Waals surface area contributed by atoms with Crippen LogP contribution in [0.4, 0.5) is 0 Å². The van der Waals surface area contributed by atoms with Gasteiger partial charge in [-0.3, -0.25) is 4.79 Å². The Morgan fingerprint density at radius 2 is 1.95 bits per heavy atom. The third-order valence-corrected chi connectivity index (χ3v) is 5.26. The number of carbonyl (C=O) groups excluding carboxylic acids is 1. The van der Waals surface area contributed by atoms with E-state index < -0.39 is 0 Å². The molecule has 0 aromatic carbocycles. The van der Waals surface area contributed by atoms with E-state index >= 15 is 0 Å². The number of hydrogen-bond acceptors (Lipinski definition) is 3. The monoisotopic (exact) mass is 296 g/mol. The smallest absolute Gasteiger partial charge is 0.228 e. The van der Waals surface area contributed by atoms with Crippen molar-refractivity contribution in [3.63, 3.8) is 0 Å². The third-order valence-electron chi connectivity index (χ3n) is 5.26. The molecule has 4 nitrogen and oxygen atoms in total. The zero-order chi connectivity index (χ0) is 15.0. The molecule has 2 N–H and O–H groups in total. The van der Waals surface area contributed by atoms with Crippen LogP contribution in [-0.2, 0) is 9.53 Å². The Morgan fingerprint density at radius 1 is 1.24 bits per heavy atom. The lowest BCUT2D eigenvalue weighted by Gasteiger charge is -2.35. The number of carbonyl (C=O) groups is 1. The SMILES string of the molecule is COCC1(C(=O)NCCCC2CCCCC2)CCNCC1. The summed E-state index contributed by atoms with van der Waals surface area (Å²) in [5.74, 6) is 1.11. The van der Waals surface area contributed by atoms with Gasteiger partial charge in [-0.1, -0.05) is 32.1 Å². The van der Waals surface area contributed by atoms with Gasteiger partial charge in [0.25, 0.3) is 0 Å². The summed E-state index contributed by atoms with van der Waals surface area (Å²) in [6.45, 7) is 3.20. The van der Waals surface area contributed by atoms with Gasteiger partial charge >= 0.3 is 0 Å². The van der Waals surface area contributed by atoms with Crippen LogP contribution in [-0.4, -0.2) is 39.3 Å². The first-order chi connectivity index (χ1) is 10.3. The molecule has 0 unspecified atom stereocenters. The summed E-state index contributed by atoms with van der Waals surface area (Å²) in [6, 6.07) is 0. The molecule has 1 amide bonds. The average molecular weight is 296 g/mol. The maximum absolute atomic E-state index is 12.5. The maximum Gasteiger partial charge on any atom is 0.228 e. The Bertz CT molecular complexity index is 302. The summed E-state index contributed by atoms with van der Waals surface area (Å²) < 4.78 is 5.32. The van der Waals surface area contributed by atoms with E-state index in [0.29, 0.717) is 6.61 Å². The summed E-state index contributed by atoms with van der Waals surface area (Å²) >= 11 is 0. The van der Waals surface area contributed by atoms with Gasteiger partial charge < -0.3 is 15.4 Å². The van der Waals surface area contributed by atoms with Gasteiger partial charge in [-0.15, -0.1) is 0 Å². The summed E-state index contributed by atoms with van der Waals surface area (Å²) in [5, 5.41) is 6.50. The lowest BCUT2D eigenvalue weighted by Crippen LogP contribution is -2.50. The normalized spacial score (nSPS) is 22.9. The first kappa shape index (κ1) is 16.8. The quantitative estimate of drug-likeness (QED) is 0.710. The van der Waals surface area contributed by atoms with Gasteiger partial charge in [-0.05, 0) is 44.7 Å². The fraction of sp³-hybridized carbons (Fsp3) is 0.941. The molecule has 4 heteroatoms. The number of piperidine rings is 1. The predicted molar refractivity (Wildman–Crippen MR) is 85.2 cm³/mol. The van der Waals surface area contributed by atoms with Crippen LogP contribution < -0.4 is 10.6 Å². The standard InChI is InChI=1S/C17H32N2O2/c1-21-14-17(9-12-18-13-10-17)16(20)19-11-5-8-15-6-3-2-4-7-15/h15,18H,2-14H2,1H3,(H,19,20). The first-order valence-corrected chi connectivity index (χ1v) is 8.75. The molecule has 1 saturated carbocycles. The molecule has 1 aliphatic heterocycles. The molecular formula is C17H32N2O2. The second-order valence-corrected chi connectivity index (χ2v) is 6.87. The summed E-state index contributed by atoms with van der Waals surface area (Å²) in [7, 11) is 1.69. The molecule has 0 spiro atoms. The van der Waals surface area contributed by atoms with Crippen molar-refractivity contribution < 1.29 is 9.53 Å². The van der Waals surface area contributed by atoms with Gasteiger partial charge in [0.1, 0.15) is 0 Å². The summed E-state index contributed by atoms with van der Waals surface area (Å²) in [5.41, 5.74) is -0.301. The van der Waals surface area contributed by atoms with Crippen LogP contribution >= 0.6 is 0 Å². The van der Waals surface area contributed by atoms with Crippen LogP contribution in [0.15, 0.2) is 0 Å². The molecule has 1 aliphatic carbocycles. The molecule has 2 aliphatic rings. The summed E-state index contributed by atoms with van der Waals surface area (Å²) in [6.07, 6.45) is 11.2. The fourth-order valence-electron chi connectivity index (χ4n) is 3.87. The molecule has 0 bridgehead atoms. The van der Waals surface area contributed by atoms with E-state index in [0.717, 1.165) is 44.8 Å². The van der Waals surface area contributed by atoms with E-state index in [1.54, 1.807) is 7.11 Å². The van der Waals surface area contributed by atoms with E-state index in [4.69, 9.17) is 4.74 Å². The van der Waals surface area contributed by atoms with E-state index in [9.17, 15) is 4.79 Å².